The van der Waals surface area contributed by atoms with Crippen LogP contribution in [0.4, 0.5) is 0 Å². The highest BCUT2D eigenvalue weighted by atomic mass is 16.7. The van der Waals surface area contributed by atoms with Gasteiger partial charge < -0.3 is 14.2 Å². The lowest BCUT2D eigenvalue weighted by Gasteiger charge is -2.21. The quantitative estimate of drug-likeness (QED) is 0.590. The number of fused-ring (bicyclic) bond motifs is 1. The Bertz CT molecular complexity index is 483. The predicted molar refractivity (Wildman–Crippen MR) is 59.4 cm³/mol. The van der Waals surface area contributed by atoms with Gasteiger partial charge in [0.15, 0.2) is 0 Å². The molecule has 17 heavy (non-hydrogen) atoms. The molecule has 1 aromatic rings. The lowest BCUT2D eigenvalue weighted by atomic mass is 10.1. The Hall–Kier alpha value is -2.08. The van der Waals surface area contributed by atoms with Crippen LogP contribution in [0.1, 0.15) is 5.56 Å². The van der Waals surface area contributed by atoms with Crippen molar-refractivity contribution in [2.24, 2.45) is 0 Å². The third kappa shape index (κ3) is 2.07. The fourth-order valence-corrected chi connectivity index (χ4v) is 1.58. The number of ether oxygens (including phenoxy) is 3. The van der Waals surface area contributed by atoms with E-state index in [0.29, 0.717) is 17.1 Å². The Labute approximate surface area is 97.6 Å². The van der Waals surface area contributed by atoms with Crippen LogP contribution in [-0.4, -0.2) is 25.4 Å². The first-order valence-corrected chi connectivity index (χ1v) is 4.89. The second-order valence-corrected chi connectivity index (χ2v) is 3.42. The molecule has 0 aromatic heterocycles. The molecular formula is C11H11NO5. The molecule has 1 aliphatic rings. The topological polar surface area (TPSA) is 70.8 Å². The van der Waals surface area contributed by atoms with Gasteiger partial charge in [-0.25, -0.2) is 0 Å². The Balaban J connectivity index is 2.46. The second kappa shape index (κ2) is 4.42. The smallest absolute Gasteiger partial charge is 0.315 e. The maximum Gasteiger partial charge on any atom is 0.315 e. The van der Waals surface area contributed by atoms with E-state index in [2.05, 4.69) is 0 Å². The van der Waals surface area contributed by atoms with Crippen molar-refractivity contribution in [1.29, 1.82) is 0 Å². The molecule has 1 aromatic carbocycles. The van der Waals surface area contributed by atoms with Gasteiger partial charge in [-0.1, -0.05) is 0 Å². The van der Waals surface area contributed by atoms with Crippen LogP contribution in [-0.2, 0) is 4.74 Å². The van der Waals surface area contributed by atoms with Crippen LogP contribution < -0.4 is 9.47 Å². The third-order valence-electron chi connectivity index (χ3n) is 2.42. The van der Waals surface area contributed by atoms with Gasteiger partial charge >= 0.3 is 5.70 Å². The van der Waals surface area contributed by atoms with E-state index >= 15 is 0 Å². The molecule has 0 aliphatic carbocycles. The third-order valence-corrected chi connectivity index (χ3v) is 2.42. The van der Waals surface area contributed by atoms with E-state index in [0.717, 1.165) is 0 Å². The van der Waals surface area contributed by atoms with Crippen LogP contribution in [0.25, 0.3) is 6.08 Å². The van der Waals surface area contributed by atoms with Crippen LogP contribution in [0.15, 0.2) is 23.9 Å². The highest BCUT2D eigenvalue weighted by molar-refractivity contribution is 5.63. The molecule has 0 saturated heterocycles. The maximum atomic E-state index is 10.8. The summed E-state index contributed by atoms with van der Waals surface area (Å²) >= 11 is 0. The molecule has 1 heterocycles. The molecule has 0 spiro atoms. The van der Waals surface area contributed by atoms with Gasteiger partial charge in [0.1, 0.15) is 11.5 Å². The average molecular weight is 237 g/mol. The van der Waals surface area contributed by atoms with Crippen LogP contribution >= 0.6 is 0 Å². The molecule has 0 radical (unpaired) electrons. The molecule has 1 atom stereocenters. The van der Waals surface area contributed by atoms with E-state index in [1.807, 2.05) is 0 Å². The lowest BCUT2D eigenvalue weighted by molar-refractivity contribution is -0.443. The summed E-state index contributed by atoms with van der Waals surface area (Å²) in [4.78, 5) is 10.3. The monoisotopic (exact) mass is 237 g/mol. The molecule has 90 valence electrons. The Morgan fingerprint density at radius 2 is 2.18 bits per heavy atom. The van der Waals surface area contributed by atoms with E-state index < -0.39 is 11.2 Å². The van der Waals surface area contributed by atoms with Crippen molar-refractivity contribution >= 4 is 6.08 Å². The van der Waals surface area contributed by atoms with Gasteiger partial charge in [-0.05, 0) is 18.2 Å². The molecule has 0 amide bonds. The minimum absolute atomic E-state index is 0.131. The van der Waals surface area contributed by atoms with Gasteiger partial charge in [-0.2, -0.15) is 0 Å². The molecule has 0 bridgehead atoms. The summed E-state index contributed by atoms with van der Waals surface area (Å²) in [6, 6.07) is 5.08. The number of nitro groups is 1. The minimum Gasteiger partial charge on any atom is -0.497 e. The van der Waals surface area contributed by atoms with E-state index in [1.165, 1.54) is 20.3 Å². The molecule has 1 aliphatic heterocycles. The number of rotatable bonds is 3. The molecule has 0 N–H and O–H groups in total. The van der Waals surface area contributed by atoms with Crippen molar-refractivity contribution in [2.75, 3.05) is 14.2 Å². The molecule has 6 nitrogen and oxygen atoms in total. The zero-order valence-corrected chi connectivity index (χ0v) is 9.38. The minimum atomic E-state index is -0.981. The summed E-state index contributed by atoms with van der Waals surface area (Å²) in [5, 5.41) is 10.8. The van der Waals surface area contributed by atoms with Crippen molar-refractivity contribution in [3.63, 3.8) is 0 Å². The van der Waals surface area contributed by atoms with Gasteiger partial charge in [0.25, 0.3) is 6.29 Å². The van der Waals surface area contributed by atoms with Crippen molar-refractivity contribution in [3.05, 3.63) is 39.6 Å². The summed E-state index contributed by atoms with van der Waals surface area (Å²) in [6.07, 6.45) is 0.445. The van der Waals surface area contributed by atoms with E-state index in [-0.39, 0.29) is 5.70 Å². The zero-order chi connectivity index (χ0) is 12.4. The summed E-state index contributed by atoms with van der Waals surface area (Å²) in [6.45, 7) is 0. The lowest BCUT2D eigenvalue weighted by Crippen LogP contribution is -2.28. The summed E-state index contributed by atoms with van der Waals surface area (Å²) in [5.41, 5.74) is 0.470. The molecule has 0 saturated carbocycles. The van der Waals surface area contributed by atoms with Crippen molar-refractivity contribution < 1.29 is 19.1 Å². The number of nitrogens with zero attached hydrogens (tertiary/aromatic N) is 1. The first kappa shape index (κ1) is 11.4. The fraction of sp³-hybridized carbons (Fsp3) is 0.273. The highest BCUT2D eigenvalue weighted by Crippen LogP contribution is 2.32. The van der Waals surface area contributed by atoms with Gasteiger partial charge in [0.05, 0.1) is 12.0 Å². The molecule has 2 rings (SSSR count). The summed E-state index contributed by atoms with van der Waals surface area (Å²) in [5.74, 6) is 1.14. The van der Waals surface area contributed by atoms with Crippen LogP contribution in [0, 0.1) is 10.1 Å². The van der Waals surface area contributed by atoms with Crippen molar-refractivity contribution in [3.8, 4) is 11.5 Å². The van der Waals surface area contributed by atoms with Gasteiger partial charge in [0, 0.05) is 18.7 Å². The van der Waals surface area contributed by atoms with E-state index in [4.69, 9.17) is 14.2 Å². The molecule has 1 unspecified atom stereocenters. The van der Waals surface area contributed by atoms with E-state index in [9.17, 15) is 10.1 Å². The first-order chi connectivity index (χ1) is 8.15. The fourth-order valence-electron chi connectivity index (χ4n) is 1.58. The molecular weight excluding hydrogens is 226 g/mol. The number of hydrogen-bond acceptors (Lipinski definition) is 5. The van der Waals surface area contributed by atoms with Crippen LogP contribution in [0.3, 0.4) is 0 Å². The normalized spacial score (nSPS) is 17.8. The first-order valence-electron chi connectivity index (χ1n) is 4.89. The maximum absolute atomic E-state index is 10.8. The predicted octanol–water partition coefficient (Wildman–Crippen LogP) is 1.68. The van der Waals surface area contributed by atoms with Crippen molar-refractivity contribution in [2.45, 2.75) is 6.29 Å². The number of benzene rings is 1. The largest absolute Gasteiger partial charge is 0.497 e. The summed E-state index contributed by atoms with van der Waals surface area (Å²) < 4.78 is 15.3. The zero-order valence-electron chi connectivity index (χ0n) is 9.38. The average Bonchev–Trinajstić information content (AvgIpc) is 2.36. The second-order valence-electron chi connectivity index (χ2n) is 3.42. The number of hydrogen-bond donors (Lipinski definition) is 0. The van der Waals surface area contributed by atoms with Crippen molar-refractivity contribution in [1.82, 2.24) is 0 Å². The van der Waals surface area contributed by atoms with Crippen LogP contribution in [0.5, 0.6) is 11.5 Å². The Kier molecular flexibility index (Phi) is 2.97. The standard InChI is InChI=1S/C11H11NO5/c1-15-8-3-4-10-7(5-8)6-9(12(13)14)11(16-2)17-10/h3-6,11H,1-2H3. The number of methoxy groups -OCH3 is 2. The molecule has 0 fully saturated rings. The Morgan fingerprint density at radius 3 is 2.76 bits per heavy atom. The highest BCUT2D eigenvalue weighted by Gasteiger charge is 2.31. The SMILES string of the molecule is COc1ccc2c(c1)C=C([N+](=O)[O-])C(OC)O2. The van der Waals surface area contributed by atoms with Gasteiger partial charge in [0.2, 0.25) is 0 Å². The molecule has 6 heteroatoms. The van der Waals surface area contributed by atoms with Crippen LogP contribution in [0.2, 0.25) is 0 Å². The summed E-state index contributed by atoms with van der Waals surface area (Å²) in [7, 11) is 2.89. The van der Waals surface area contributed by atoms with Gasteiger partial charge in [-0.3, -0.25) is 10.1 Å². The Morgan fingerprint density at radius 1 is 1.41 bits per heavy atom. The van der Waals surface area contributed by atoms with E-state index in [1.54, 1.807) is 18.2 Å². The van der Waals surface area contributed by atoms with Gasteiger partial charge in [-0.15, -0.1) is 0 Å².